The molecule has 1 aliphatic heterocycles. The van der Waals surface area contributed by atoms with Gasteiger partial charge in [-0.05, 0) is 42.8 Å². The first kappa shape index (κ1) is 24.0. The molecule has 1 saturated heterocycles. The van der Waals surface area contributed by atoms with Crippen LogP contribution in [0.5, 0.6) is 23.0 Å². The van der Waals surface area contributed by atoms with Crippen LogP contribution < -0.4 is 18.9 Å². The summed E-state index contributed by atoms with van der Waals surface area (Å²) in [5, 5.41) is 0.385. The summed E-state index contributed by atoms with van der Waals surface area (Å²) in [5.41, 5.74) is 0.506. The Morgan fingerprint density at radius 2 is 1.62 bits per heavy atom. The van der Waals surface area contributed by atoms with Crippen LogP contribution in [0, 0.1) is 0 Å². The number of carbonyl (C=O) groups is 1. The number of hydrogen-bond donors (Lipinski definition) is 0. The molecular weight excluding hydrogens is 432 g/mol. The van der Waals surface area contributed by atoms with Crippen molar-refractivity contribution in [3.8, 4) is 23.0 Å². The highest BCUT2D eigenvalue weighted by Gasteiger charge is 2.24. The van der Waals surface area contributed by atoms with Crippen molar-refractivity contribution >= 4 is 17.5 Å². The smallest absolute Gasteiger partial charge is 0.254 e. The molecule has 32 heavy (non-hydrogen) atoms. The molecule has 0 atom stereocenters. The standard InChI is InChI=1S/C24H31ClN2O5/c1-4-14-32-23-21(25)16-18(17-22(23)30-3)24(28)27-11-9-26(10-12-27)13-15-31-20-7-5-19(29-2)6-8-20/h5-8,16-17H,4,9-15H2,1-3H3. The monoisotopic (exact) mass is 462 g/mol. The number of amides is 1. The van der Waals surface area contributed by atoms with E-state index in [1.165, 1.54) is 0 Å². The molecular formula is C24H31ClN2O5. The van der Waals surface area contributed by atoms with E-state index in [-0.39, 0.29) is 5.91 Å². The summed E-state index contributed by atoms with van der Waals surface area (Å²) in [4.78, 5) is 17.2. The topological polar surface area (TPSA) is 60.5 Å². The Morgan fingerprint density at radius 1 is 0.938 bits per heavy atom. The first-order chi connectivity index (χ1) is 15.5. The van der Waals surface area contributed by atoms with Gasteiger partial charge in [-0.3, -0.25) is 9.69 Å². The van der Waals surface area contributed by atoms with Crippen LogP contribution in [0.2, 0.25) is 5.02 Å². The maximum absolute atomic E-state index is 13.0. The highest BCUT2D eigenvalue weighted by atomic mass is 35.5. The van der Waals surface area contributed by atoms with Gasteiger partial charge < -0.3 is 23.8 Å². The van der Waals surface area contributed by atoms with Crippen molar-refractivity contribution in [2.45, 2.75) is 13.3 Å². The molecule has 1 amide bonds. The molecule has 1 aliphatic rings. The molecule has 7 nitrogen and oxygen atoms in total. The third-order valence-electron chi connectivity index (χ3n) is 5.32. The minimum atomic E-state index is -0.0543. The van der Waals surface area contributed by atoms with Gasteiger partial charge in [-0.15, -0.1) is 0 Å². The molecule has 2 aromatic rings. The second kappa shape index (κ2) is 11.8. The zero-order chi connectivity index (χ0) is 22.9. The molecule has 0 aromatic heterocycles. The SMILES string of the molecule is CCCOc1c(Cl)cc(C(=O)N2CCN(CCOc3ccc(OC)cc3)CC2)cc1OC. The Hall–Kier alpha value is -2.64. The van der Waals surface area contributed by atoms with Gasteiger partial charge in [0.05, 0.1) is 25.8 Å². The molecule has 174 valence electrons. The van der Waals surface area contributed by atoms with Crippen LogP contribution in [0.3, 0.4) is 0 Å². The van der Waals surface area contributed by atoms with Crippen molar-refractivity contribution in [1.29, 1.82) is 0 Å². The molecule has 0 spiro atoms. The van der Waals surface area contributed by atoms with E-state index in [9.17, 15) is 4.79 Å². The van der Waals surface area contributed by atoms with Crippen molar-refractivity contribution in [3.05, 3.63) is 47.0 Å². The molecule has 0 saturated carbocycles. The van der Waals surface area contributed by atoms with Crippen molar-refractivity contribution < 1.29 is 23.7 Å². The van der Waals surface area contributed by atoms with E-state index in [0.29, 0.717) is 48.4 Å². The number of ether oxygens (including phenoxy) is 4. The Balaban J connectivity index is 1.50. The van der Waals surface area contributed by atoms with E-state index in [4.69, 9.17) is 30.5 Å². The number of hydrogen-bond acceptors (Lipinski definition) is 6. The molecule has 1 fully saturated rings. The summed E-state index contributed by atoms with van der Waals surface area (Å²) in [5.74, 6) is 2.52. The number of benzene rings is 2. The van der Waals surface area contributed by atoms with E-state index in [2.05, 4.69) is 4.90 Å². The molecule has 0 bridgehead atoms. The van der Waals surface area contributed by atoms with Crippen LogP contribution in [-0.4, -0.2) is 75.9 Å². The normalized spacial score (nSPS) is 14.2. The Labute approximate surface area is 194 Å². The highest BCUT2D eigenvalue weighted by Crippen LogP contribution is 2.37. The third-order valence-corrected chi connectivity index (χ3v) is 5.60. The summed E-state index contributed by atoms with van der Waals surface area (Å²) >= 11 is 6.38. The molecule has 1 heterocycles. The van der Waals surface area contributed by atoms with Crippen LogP contribution in [0.25, 0.3) is 0 Å². The summed E-state index contributed by atoms with van der Waals surface area (Å²) in [6, 6.07) is 10.9. The molecule has 0 N–H and O–H groups in total. The van der Waals surface area contributed by atoms with E-state index >= 15 is 0 Å². The van der Waals surface area contributed by atoms with Gasteiger partial charge in [0.15, 0.2) is 11.5 Å². The number of halogens is 1. The van der Waals surface area contributed by atoms with Gasteiger partial charge in [-0.25, -0.2) is 0 Å². The maximum Gasteiger partial charge on any atom is 0.254 e. The lowest BCUT2D eigenvalue weighted by Crippen LogP contribution is -2.49. The van der Waals surface area contributed by atoms with E-state index < -0.39 is 0 Å². The summed E-state index contributed by atoms with van der Waals surface area (Å²) in [6.07, 6.45) is 0.857. The van der Waals surface area contributed by atoms with Crippen molar-refractivity contribution in [2.75, 3.05) is 60.2 Å². The Bertz CT molecular complexity index is 883. The van der Waals surface area contributed by atoms with Crippen LogP contribution in [0.1, 0.15) is 23.7 Å². The lowest BCUT2D eigenvalue weighted by Gasteiger charge is -2.34. The lowest BCUT2D eigenvalue weighted by molar-refractivity contribution is 0.0620. The van der Waals surface area contributed by atoms with Crippen molar-refractivity contribution in [1.82, 2.24) is 9.80 Å². The van der Waals surface area contributed by atoms with Gasteiger partial charge >= 0.3 is 0 Å². The van der Waals surface area contributed by atoms with Gasteiger partial charge in [0.25, 0.3) is 5.91 Å². The van der Waals surface area contributed by atoms with Gasteiger partial charge in [-0.1, -0.05) is 18.5 Å². The fourth-order valence-electron chi connectivity index (χ4n) is 3.51. The zero-order valence-electron chi connectivity index (χ0n) is 18.9. The predicted molar refractivity (Wildman–Crippen MR) is 125 cm³/mol. The maximum atomic E-state index is 13.0. The van der Waals surface area contributed by atoms with Crippen molar-refractivity contribution in [2.24, 2.45) is 0 Å². The average Bonchev–Trinajstić information content (AvgIpc) is 2.83. The van der Waals surface area contributed by atoms with Gasteiger partial charge in [0, 0.05) is 38.3 Å². The highest BCUT2D eigenvalue weighted by molar-refractivity contribution is 6.32. The van der Waals surface area contributed by atoms with Gasteiger partial charge in [0.1, 0.15) is 18.1 Å². The Morgan fingerprint density at radius 3 is 2.25 bits per heavy atom. The summed E-state index contributed by atoms with van der Waals surface area (Å²) in [7, 11) is 3.19. The molecule has 8 heteroatoms. The first-order valence-electron chi connectivity index (χ1n) is 10.8. The Kier molecular flexibility index (Phi) is 8.88. The van der Waals surface area contributed by atoms with E-state index in [1.807, 2.05) is 36.1 Å². The zero-order valence-corrected chi connectivity index (χ0v) is 19.7. The average molecular weight is 463 g/mol. The van der Waals surface area contributed by atoms with E-state index in [0.717, 1.165) is 37.6 Å². The second-order valence-electron chi connectivity index (χ2n) is 7.50. The molecule has 0 radical (unpaired) electrons. The van der Waals surface area contributed by atoms with Crippen LogP contribution in [0.15, 0.2) is 36.4 Å². The predicted octanol–water partition coefficient (Wildman–Crippen LogP) is 3.98. The third kappa shape index (κ3) is 6.20. The number of methoxy groups -OCH3 is 2. The lowest BCUT2D eigenvalue weighted by atomic mass is 10.1. The van der Waals surface area contributed by atoms with Gasteiger partial charge in [0.2, 0.25) is 0 Å². The van der Waals surface area contributed by atoms with Crippen molar-refractivity contribution in [3.63, 3.8) is 0 Å². The molecule has 0 unspecified atom stereocenters. The number of rotatable bonds is 10. The molecule has 3 rings (SSSR count). The number of piperazine rings is 1. The van der Waals surface area contributed by atoms with Crippen LogP contribution in [0.4, 0.5) is 0 Å². The van der Waals surface area contributed by atoms with Gasteiger partial charge in [-0.2, -0.15) is 0 Å². The number of nitrogens with zero attached hydrogens (tertiary/aromatic N) is 2. The fraction of sp³-hybridized carbons (Fsp3) is 0.458. The molecule has 2 aromatic carbocycles. The largest absolute Gasteiger partial charge is 0.497 e. The van der Waals surface area contributed by atoms with Crippen LogP contribution >= 0.6 is 11.6 Å². The fourth-order valence-corrected chi connectivity index (χ4v) is 3.77. The quantitative estimate of drug-likeness (QED) is 0.532. The first-order valence-corrected chi connectivity index (χ1v) is 11.2. The summed E-state index contributed by atoms with van der Waals surface area (Å²) in [6.45, 7) is 6.82. The summed E-state index contributed by atoms with van der Waals surface area (Å²) < 4.78 is 22.0. The van der Waals surface area contributed by atoms with E-state index in [1.54, 1.807) is 26.4 Å². The minimum Gasteiger partial charge on any atom is -0.497 e. The minimum absolute atomic E-state index is 0.0543. The molecule has 0 aliphatic carbocycles. The second-order valence-corrected chi connectivity index (χ2v) is 7.90. The van der Waals surface area contributed by atoms with Crippen LogP contribution in [-0.2, 0) is 0 Å². The number of carbonyl (C=O) groups excluding carboxylic acids is 1.